The van der Waals surface area contributed by atoms with Crippen molar-refractivity contribution in [3.63, 3.8) is 0 Å². The van der Waals surface area contributed by atoms with Crippen LogP contribution in [0.15, 0.2) is 0 Å². The van der Waals surface area contributed by atoms with Crippen LogP contribution in [0.25, 0.3) is 0 Å². The predicted molar refractivity (Wildman–Crippen MR) is 116 cm³/mol. The molecule has 0 fully saturated rings. The molecule has 0 amide bonds. The van der Waals surface area contributed by atoms with E-state index in [0.29, 0.717) is 0 Å². The summed E-state index contributed by atoms with van der Waals surface area (Å²) in [6, 6.07) is 0. The van der Waals surface area contributed by atoms with Gasteiger partial charge in [0.2, 0.25) is 0 Å². The smallest absolute Gasteiger partial charge is 0.348 e. The van der Waals surface area contributed by atoms with Crippen molar-refractivity contribution in [1.29, 1.82) is 0 Å². The molecule has 0 bridgehead atoms. The second-order valence-electron chi connectivity index (χ2n) is 7.39. The largest absolute Gasteiger partial charge is 0.397 e. The summed E-state index contributed by atoms with van der Waals surface area (Å²) < 4.78 is 11.5. The molecule has 0 saturated heterocycles. The molecule has 0 aromatic heterocycles. The van der Waals surface area contributed by atoms with E-state index in [1.165, 1.54) is 51.9 Å². The quantitative estimate of drug-likeness (QED) is 0.335. The number of hydrogen-bond acceptors (Lipinski definition) is 5. The zero-order valence-electron chi connectivity index (χ0n) is 18.9. The molecule has 6 heteroatoms. The van der Waals surface area contributed by atoms with Crippen LogP contribution in [0.5, 0.6) is 0 Å². The van der Waals surface area contributed by atoms with Gasteiger partial charge in [-0.1, -0.05) is 27.7 Å². The third-order valence-electron chi connectivity index (χ3n) is 5.25. The van der Waals surface area contributed by atoms with Crippen molar-refractivity contribution in [2.24, 2.45) is 0 Å². The Kier molecular flexibility index (Phi) is 16.0. The van der Waals surface area contributed by atoms with Gasteiger partial charge in [0.1, 0.15) is 0 Å². The Morgan fingerprint density at radius 2 is 1.00 bits per heavy atom. The first-order valence-electron chi connectivity index (χ1n) is 10.8. The van der Waals surface area contributed by atoms with Gasteiger partial charge in [-0.15, -0.1) is 0 Å². The summed E-state index contributed by atoms with van der Waals surface area (Å²) >= 11 is 0. The Balaban J connectivity index is 4.54. The van der Waals surface area contributed by atoms with Gasteiger partial charge in [-0.05, 0) is 84.6 Å². The van der Waals surface area contributed by atoms with Gasteiger partial charge in [-0.2, -0.15) is 0 Å². The van der Waals surface area contributed by atoms with Crippen molar-refractivity contribution < 1.29 is 8.85 Å². The van der Waals surface area contributed by atoms with Crippen molar-refractivity contribution in [2.45, 2.75) is 59.9 Å². The van der Waals surface area contributed by atoms with Crippen molar-refractivity contribution in [1.82, 2.24) is 14.7 Å². The molecule has 158 valence electrons. The van der Waals surface area contributed by atoms with E-state index in [2.05, 4.69) is 48.9 Å². The fraction of sp³-hybridized carbons (Fsp3) is 1.00. The van der Waals surface area contributed by atoms with Gasteiger partial charge < -0.3 is 23.6 Å². The Hall–Kier alpha value is 0.0169. The maximum atomic E-state index is 5.75. The van der Waals surface area contributed by atoms with E-state index in [0.717, 1.165) is 32.3 Å². The Bertz CT molecular complexity index is 297. The molecule has 0 spiro atoms. The van der Waals surface area contributed by atoms with Crippen LogP contribution in [0.1, 0.15) is 53.4 Å². The highest BCUT2D eigenvalue weighted by Gasteiger charge is 2.31. The third-order valence-corrected chi connectivity index (χ3v) is 7.99. The van der Waals surface area contributed by atoms with Crippen LogP contribution in [0.3, 0.4) is 0 Å². The average Bonchev–Trinajstić information content (AvgIpc) is 2.66. The highest BCUT2D eigenvalue weighted by atomic mass is 28.4. The van der Waals surface area contributed by atoms with E-state index in [1.54, 1.807) is 14.2 Å². The minimum atomic E-state index is -2.06. The van der Waals surface area contributed by atoms with E-state index in [9.17, 15) is 0 Å². The highest BCUT2D eigenvalue weighted by molar-refractivity contribution is 6.66. The van der Waals surface area contributed by atoms with Gasteiger partial charge in [0, 0.05) is 20.4 Å². The molecule has 0 aliphatic carbocycles. The third kappa shape index (κ3) is 11.7. The molecule has 0 aromatic carbocycles. The molecule has 5 nitrogen and oxygen atoms in total. The lowest BCUT2D eigenvalue weighted by Gasteiger charge is -2.32. The minimum Gasteiger partial charge on any atom is -0.397 e. The average molecular weight is 390 g/mol. The number of nitrogens with zero attached hydrogens (tertiary/aromatic N) is 3. The fourth-order valence-electron chi connectivity index (χ4n) is 3.41. The lowest BCUT2D eigenvalue weighted by atomic mass is 10.3. The number of hydrogen-bond donors (Lipinski definition) is 0. The van der Waals surface area contributed by atoms with Crippen LogP contribution in [0.4, 0.5) is 0 Å². The standard InChI is InChI=1S/C20H47N3O2Si/c1-8-14-21(10-3)16-12-18-23(20-26(7,24-5)25-6)19-13-17-22(11-4)15-9-2/h8-20H2,1-7H3. The first-order chi connectivity index (χ1) is 12.5. The van der Waals surface area contributed by atoms with Gasteiger partial charge in [-0.25, -0.2) is 0 Å². The van der Waals surface area contributed by atoms with Gasteiger partial charge in [0.05, 0.1) is 0 Å². The van der Waals surface area contributed by atoms with E-state index in [1.807, 2.05) is 0 Å². The first-order valence-corrected chi connectivity index (χ1v) is 13.3. The molecule has 0 aliphatic rings. The Labute approximate surface area is 165 Å². The zero-order chi connectivity index (χ0) is 19.8. The van der Waals surface area contributed by atoms with Gasteiger partial charge >= 0.3 is 8.56 Å². The van der Waals surface area contributed by atoms with E-state index < -0.39 is 8.56 Å². The summed E-state index contributed by atoms with van der Waals surface area (Å²) in [6.07, 6.45) is 5.87. The summed E-state index contributed by atoms with van der Waals surface area (Å²) in [5.74, 6) is 0. The second-order valence-corrected chi connectivity index (χ2v) is 10.8. The van der Waals surface area contributed by atoms with E-state index >= 15 is 0 Å². The fourth-order valence-corrected chi connectivity index (χ4v) is 4.97. The van der Waals surface area contributed by atoms with E-state index in [4.69, 9.17) is 8.85 Å². The lowest BCUT2D eigenvalue weighted by molar-refractivity contribution is 0.190. The topological polar surface area (TPSA) is 28.2 Å². The van der Waals surface area contributed by atoms with Crippen LogP contribution >= 0.6 is 0 Å². The summed E-state index contributed by atoms with van der Waals surface area (Å²) in [5, 5.41) is 0. The molecule has 0 saturated carbocycles. The highest BCUT2D eigenvalue weighted by Crippen LogP contribution is 2.09. The van der Waals surface area contributed by atoms with Gasteiger partial charge in [0.25, 0.3) is 0 Å². The molecule has 0 heterocycles. The molecule has 0 unspecified atom stereocenters. The lowest BCUT2D eigenvalue weighted by Crippen LogP contribution is -2.50. The molecule has 26 heavy (non-hydrogen) atoms. The zero-order valence-corrected chi connectivity index (χ0v) is 19.9. The summed E-state index contributed by atoms with van der Waals surface area (Å²) in [6.45, 7) is 20.6. The van der Waals surface area contributed by atoms with Gasteiger partial charge in [0.15, 0.2) is 0 Å². The minimum absolute atomic E-state index is 0.958. The predicted octanol–water partition coefficient (Wildman–Crippen LogP) is 3.44. The first kappa shape index (κ1) is 26.0. The maximum Gasteiger partial charge on any atom is 0.348 e. The van der Waals surface area contributed by atoms with Crippen molar-refractivity contribution in [3.8, 4) is 0 Å². The normalized spacial score (nSPS) is 12.7. The molecular formula is C20H47N3O2Si. The molecular weight excluding hydrogens is 342 g/mol. The van der Waals surface area contributed by atoms with Crippen LogP contribution in [0.2, 0.25) is 6.55 Å². The van der Waals surface area contributed by atoms with Gasteiger partial charge in [-0.3, -0.25) is 0 Å². The Morgan fingerprint density at radius 1 is 0.615 bits per heavy atom. The monoisotopic (exact) mass is 389 g/mol. The van der Waals surface area contributed by atoms with Crippen LogP contribution in [-0.4, -0.2) is 96.0 Å². The molecule has 0 N–H and O–H groups in total. The van der Waals surface area contributed by atoms with Crippen molar-refractivity contribution in [3.05, 3.63) is 0 Å². The summed E-state index contributed by atoms with van der Waals surface area (Å²) in [5.41, 5.74) is 0. The summed E-state index contributed by atoms with van der Waals surface area (Å²) in [7, 11) is 1.54. The molecule has 0 aliphatic heterocycles. The second kappa shape index (κ2) is 16.0. The SMILES string of the molecule is CCCN(CC)CCCN(CCCN(CC)CCC)C[Si](C)(OC)OC. The van der Waals surface area contributed by atoms with Crippen LogP contribution in [0, 0.1) is 0 Å². The maximum absolute atomic E-state index is 5.75. The van der Waals surface area contributed by atoms with Crippen LogP contribution in [-0.2, 0) is 8.85 Å². The molecule has 0 atom stereocenters. The summed E-state index contributed by atoms with van der Waals surface area (Å²) in [4.78, 5) is 7.70. The Morgan fingerprint density at radius 3 is 1.31 bits per heavy atom. The molecule has 0 aromatic rings. The van der Waals surface area contributed by atoms with Crippen molar-refractivity contribution >= 4 is 8.56 Å². The number of rotatable bonds is 18. The molecule has 0 rings (SSSR count). The molecule has 0 radical (unpaired) electrons. The van der Waals surface area contributed by atoms with Crippen molar-refractivity contribution in [2.75, 3.05) is 72.7 Å². The van der Waals surface area contributed by atoms with Crippen LogP contribution < -0.4 is 0 Å². The van der Waals surface area contributed by atoms with E-state index in [-0.39, 0.29) is 0 Å².